The minimum atomic E-state index is -6.09. The lowest BCUT2D eigenvalue weighted by Crippen LogP contribution is -2.24. The van der Waals surface area contributed by atoms with Crippen molar-refractivity contribution in [1.29, 1.82) is 0 Å². The van der Waals surface area contributed by atoms with Crippen molar-refractivity contribution < 1.29 is 41.5 Å². The van der Waals surface area contributed by atoms with Crippen LogP contribution in [0.1, 0.15) is 20.8 Å². The molecule has 0 unspecified atom stereocenters. The van der Waals surface area contributed by atoms with Gasteiger partial charge in [-0.05, 0) is 20.8 Å². The third-order valence-corrected chi connectivity index (χ3v) is 7.34. The van der Waals surface area contributed by atoms with Crippen molar-refractivity contribution in [3.05, 3.63) is 0 Å². The Balaban J connectivity index is 0. The van der Waals surface area contributed by atoms with Crippen molar-refractivity contribution in [2.45, 2.75) is 43.3 Å². The number of halogens is 3. The molecule has 0 aromatic rings. The van der Waals surface area contributed by atoms with Crippen LogP contribution in [0, 0.1) is 0 Å². The average Bonchev–Trinajstić information content (AvgIpc) is 2.36. The van der Waals surface area contributed by atoms with Gasteiger partial charge in [0, 0.05) is 7.92 Å². The fraction of sp³-hybridized carbons (Fsp3) is 1.00. The van der Waals surface area contributed by atoms with E-state index in [9.17, 15) is 13.2 Å². The smallest absolute Gasteiger partial charge is 0.485 e. The molecule has 0 radical (unpaired) electrons. The van der Waals surface area contributed by atoms with Gasteiger partial charge in [0.15, 0.2) is 10.1 Å². The van der Waals surface area contributed by atoms with Crippen molar-refractivity contribution in [2.24, 2.45) is 0 Å². The molecule has 0 fully saturated rings. The Labute approximate surface area is 123 Å². The summed E-state index contributed by atoms with van der Waals surface area (Å²) in [5.41, 5.74) is -4.95. The zero-order valence-electron chi connectivity index (χ0n) is 12.0. The summed E-state index contributed by atoms with van der Waals surface area (Å²) in [6.07, 6.45) is 0. The number of hydrogen-bond acceptors (Lipinski definition) is 6. The summed E-state index contributed by atoms with van der Waals surface area (Å²) >= 11 is 0. The number of aliphatic hydroxyl groups is 3. The van der Waals surface area contributed by atoms with Gasteiger partial charge in [-0.3, -0.25) is 0 Å². The second-order valence-corrected chi connectivity index (χ2v) is 9.98. The van der Waals surface area contributed by atoms with Crippen LogP contribution in [0.2, 0.25) is 0 Å². The zero-order valence-corrected chi connectivity index (χ0v) is 13.8. The highest BCUT2D eigenvalue weighted by Crippen LogP contribution is 2.50. The first-order chi connectivity index (χ1) is 9.33. The van der Waals surface area contributed by atoms with E-state index < -0.39 is 23.5 Å². The van der Waals surface area contributed by atoms with Gasteiger partial charge in [-0.25, -0.2) is 8.42 Å². The molecule has 0 spiro atoms. The van der Waals surface area contributed by atoms with Gasteiger partial charge in [0.1, 0.15) is 0 Å². The molecule has 130 valence electrons. The molecule has 0 aromatic carbocycles. The molecule has 21 heavy (non-hydrogen) atoms. The summed E-state index contributed by atoms with van der Waals surface area (Å²) in [4.78, 5) is 0. The highest BCUT2D eigenvalue weighted by molar-refractivity contribution is 7.86. The normalized spacial score (nSPS) is 16.9. The van der Waals surface area contributed by atoms with E-state index in [0.29, 0.717) is 0 Å². The highest BCUT2D eigenvalue weighted by Gasteiger charge is 2.37. The molecule has 0 heterocycles. The fourth-order valence-electron chi connectivity index (χ4n) is 1.77. The lowest BCUT2D eigenvalue weighted by molar-refractivity contribution is -0.0517. The molecule has 0 saturated carbocycles. The molecule has 0 aliphatic carbocycles. The maximum atomic E-state index is 10.7. The monoisotopic (exact) mass is 358 g/mol. The maximum absolute atomic E-state index is 10.7. The number of aliphatic hydroxyl groups excluding tert-OH is 3. The Morgan fingerprint density at radius 3 is 1.24 bits per heavy atom. The molecule has 0 aliphatic rings. The second kappa shape index (κ2) is 9.91. The summed E-state index contributed by atoms with van der Waals surface area (Å²) in [7, 11) is -6.97. The Kier molecular flexibility index (Phi) is 11.0. The molecule has 0 bridgehead atoms. The van der Waals surface area contributed by atoms with E-state index in [1.54, 1.807) is 0 Å². The van der Waals surface area contributed by atoms with Crippen molar-refractivity contribution in [3.8, 4) is 0 Å². The highest BCUT2D eigenvalue weighted by atomic mass is 32.2. The quantitative estimate of drug-likeness (QED) is 0.359. The van der Waals surface area contributed by atoms with Crippen LogP contribution in [0.5, 0.6) is 0 Å². The summed E-state index contributed by atoms with van der Waals surface area (Å²) in [6.45, 7) is 6.45. The molecular formula is C10H22F3O6PS. The molecule has 0 rings (SSSR count). The molecule has 3 atom stereocenters. The van der Waals surface area contributed by atoms with Gasteiger partial charge in [0.25, 0.3) is 0 Å². The number of alkyl halides is 3. The average molecular weight is 358 g/mol. The van der Waals surface area contributed by atoms with E-state index in [1.807, 2.05) is 20.8 Å². The van der Waals surface area contributed by atoms with Gasteiger partial charge in [-0.2, -0.15) is 13.2 Å². The molecule has 11 heteroatoms. The molecule has 3 N–H and O–H groups in total. The van der Waals surface area contributed by atoms with Gasteiger partial charge in [-0.15, -0.1) is 0 Å². The second-order valence-electron chi connectivity index (χ2n) is 4.65. The topological polar surface area (TPSA) is 118 Å². The summed E-state index contributed by atoms with van der Waals surface area (Å²) in [5, 5.41) is 27.2. The van der Waals surface area contributed by atoms with Crippen LogP contribution >= 0.6 is 7.92 Å². The van der Waals surface area contributed by atoms with Gasteiger partial charge >= 0.3 is 5.51 Å². The number of rotatable bonds is 6. The Bertz CT molecular complexity index is 352. The SMILES string of the molecule is C[C@H](CO)[PH+]([C@H](C)CO)[C@H](C)CO.O=S(=O)([O-])C(F)(F)F. The molecule has 0 aromatic heterocycles. The van der Waals surface area contributed by atoms with Crippen LogP contribution in [-0.2, 0) is 10.1 Å². The first-order valence-electron chi connectivity index (χ1n) is 6.04. The summed E-state index contributed by atoms with van der Waals surface area (Å²) < 4.78 is 58.9. The molecule has 0 amide bonds. The summed E-state index contributed by atoms with van der Waals surface area (Å²) in [6, 6.07) is 0. The lowest BCUT2D eigenvalue weighted by Gasteiger charge is -2.25. The first-order valence-corrected chi connectivity index (χ1v) is 9.18. The Hall–Kier alpha value is 0.01000. The number of hydrogen-bond donors (Lipinski definition) is 3. The van der Waals surface area contributed by atoms with Crippen molar-refractivity contribution >= 4 is 18.0 Å². The molecule has 0 aliphatic heterocycles. The Morgan fingerprint density at radius 1 is 0.952 bits per heavy atom. The van der Waals surface area contributed by atoms with Gasteiger partial charge in [0.05, 0.1) is 36.8 Å². The van der Waals surface area contributed by atoms with Crippen LogP contribution < -0.4 is 0 Å². The van der Waals surface area contributed by atoms with E-state index in [-0.39, 0.29) is 36.8 Å². The first kappa shape index (κ1) is 23.3. The predicted molar refractivity (Wildman–Crippen MR) is 73.7 cm³/mol. The van der Waals surface area contributed by atoms with Crippen LogP contribution in [-0.4, -0.2) is 70.6 Å². The van der Waals surface area contributed by atoms with E-state index in [4.69, 9.17) is 28.3 Å². The standard InChI is InChI=1S/C9H21O3P.CHF3O3S/c1-7(4-10)13(8(2)5-11)9(3)6-12;2-1(3,4)8(5,6)7/h7-12H,4-6H2,1-3H3;(H,5,6,7)/t7-,8-,9-;/m1./s1. The van der Waals surface area contributed by atoms with Gasteiger partial charge in [0.2, 0.25) is 0 Å². The van der Waals surface area contributed by atoms with Gasteiger partial charge < -0.3 is 19.9 Å². The molecular weight excluding hydrogens is 336 g/mol. The molecule has 6 nitrogen and oxygen atoms in total. The van der Waals surface area contributed by atoms with Crippen molar-refractivity contribution in [2.75, 3.05) is 19.8 Å². The van der Waals surface area contributed by atoms with Gasteiger partial charge in [-0.1, -0.05) is 0 Å². The largest absolute Gasteiger partial charge is 0.741 e. The van der Waals surface area contributed by atoms with E-state index in [0.717, 1.165) is 0 Å². The van der Waals surface area contributed by atoms with Crippen LogP contribution in [0.15, 0.2) is 0 Å². The maximum Gasteiger partial charge on any atom is 0.485 e. The molecule has 0 saturated heterocycles. The van der Waals surface area contributed by atoms with E-state index in [2.05, 4.69) is 0 Å². The third kappa shape index (κ3) is 8.90. The van der Waals surface area contributed by atoms with Crippen LogP contribution in [0.4, 0.5) is 13.2 Å². The van der Waals surface area contributed by atoms with Crippen molar-refractivity contribution in [1.82, 2.24) is 0 Å². The lowest BCUT2D eigenvalue weighted by atomic mass is 10.5. The minimum Gasteiger partial charge on any atom is -0.741 e. The van der Waals surface area contributed by atoms with Crippen LogP contribution in [0.25, 0.3) is 0 Å². The predicted octanol–water partition coefficient (Wildman–Crippen LogP) is 0.394. The third-order valence-electron chi connectivity index (χ3n) is 2.81. The Morgan fingerprint density at radius 2 is 1.14 bits per heavy atom. The zero-order chi connectivity index (χ0) is 17.4. The van der Waals surface area contributed by atoms with Crippen LogP contribution in [0.3, 0.4) is 0 Å². The van der Waals surface area contributed by atoms with E-state index >= 15 is 0 Å². The van der Waals surface area contributed by atoms with E-state index in [1.165, 1.54) is 0 Å². The summed E-state index contributed by atoms with van der Waals surface area (Å²) in [5.74, 6) is 0. The fourth-order valence-corrected chi connectivity index (χ4v) is 5.32. The van der Waals surface area contributed by atoms with Crippen molar-refractivity contribution in [3.63, 3.8) is 0 Å². The minimum absolute atomic E-state index is 0.156.